The zero-order valence-electron chi connectivity index (χ0n) is 9.88. The van der Waals surface area contributed by atoms with Crippen molar-refractivity contribution in [1.82, 2.24) is 9.38 Å². The quantitative estimate of drug-likeness (QED) is 0.774. The highest BCUT2D eigenvalue weighted by molar-refractivity contribution is 6.04. The predicted octanol–water partition coefficient (Wildman–Crippen LogP) is 2.95. The first-order valence-corrected chi connectivity index (χ1v) is 5.44. The number of Topliss-reactive ketones (excluding diaryl/α,β-unsaturated/α-hetero) is 1. The van der Waals surface area contributed by atoms with Gasteiger partial charge in [0.15, 0.2) is 0 Å². The van der Waals surface area contributed by atoms with Crippen molar-refractivity contribution in [3.05, 3.63) is 35.4 Å². The fourth-order valence-electron chi connectivity index (χ4n) is 1.92. The molecule has 0 aliphatic rings. The Morgan fingerprint density at radius 2 is 2.06 bits per heavy atom. The summed E-state index contributed by atoms with van der Waals surface area (Å²) in [6.07, 6.45) is -4.44. The van der Waals surface area contributed by atoms with Gasteiger partial charge >= 0.3 is 6.18 Å². The third-order valence-corrected chi connectivity index (χ3v) is 2.72. The molecule has 0 aliphatic carbocycles. The summed E-state index contributed by atoms with van der Waals surface area (Å²) in [5.74, 6) is -1.44. The van der Waals surface area contributed by atoms with Crippen molar-refractivity contribution < 1.29 is 18.0 Å². The SMILES string of the molecule is CCc1nc(C(=O)C(F)(F)F)c2cccc(C)n12. The van der Waals surface area contributed by atoms with Gasteiger partial charge in [0.2, 0.25) is 0 Å². The fraction of sp³-hybridized carbons (Fsp3) is 0.333. The van der Waals surface area contributed by atoms with Crippen molar-refractivity contribution >= 4 is 11.3 Å². The lowest BCUT2D eigenvalue weighted by Crippen LogP contribution is -2.23. The highest BCUT2D eigenvalue weighted by Gasteiger charge is 2.42. The molecule has 2 aromatic heterocycles. The monoisotopic (exact) mass is 256 g/mol. The smallest absolute Gasteiger partial charge is 0.300 e. The van der Waals surface area contributed by atoms with Crippen molar-refractivity contribution in [1.29, 1.82) is 0 Å². The van der Waals surface area contributed by atoms with Crippen LogP contribution in [-0.4, -0.2) is 21.3 Å². The molecule has 2 aromatic rings. The Morgan fingerprint density at radius 1 is 1.39 bits per heavy atom. The minimum atomic E-state index is -4.90. The number of hydrogen-bond donors (Lipinski definition) is 0. The summed E-state index contributed by atoms with van der Waals surface area (Å²) in [6.45, 7) is 3.54. The van der Waals surface area contributed by atoms with Gasteiger partial charge in [0, 0.05) is 12.1 Å². The second-order valence-corrected chi connectivity index (χ2v) is 3.94. The van der Waals surface area contributed by atoms with E-state index in [1.165, 1.54) is 6.07 Å². The molecule has 0 radical (unpaired) electrons. The normalized spacial score (nSPS) is 12.1. The van der Waals surface area contributed by atoms with E-state index in [0.717, 1.165) is 5.69 Å². The third kappa shape index (κ3) is 1.87. The lowest BCUT2D eigenvalue weighted by Gasteiger charge is -2.04. The Balaban J connectivity index is 2.74. The molecule has 3 nitrogen and oxygen atoms in total. The molecule has 0 unspecified atom stereocenters. The van der Waals surface area contributed by atoms with E-state index >= 15 is 0 Å². The molecular formula is C12H11F3N2O. The Morgan fingerprint density at radius 3 is 2.61 bits per heavy atom. The van der Waals surface area contributed by atoms with E-state index in [1.807, 2.05) is 0 Å². The van der Waals surface area contributed by atoms with Crippen LogP contribution in [0.2, 0.25) is 0 Å². The molecule has 2 rings (SSSR count). The molecule has 0 saturated heterocycles. The summed E-state index contributed by atoms with van der Waals surface area (Å²) in [5.41, 5.74) is 0.426. The van der Waals surface area contributed by atoms with Gasteiger partial charge < -0.3 is 4.40 Å². The Hall–Kier alpha value is -1.85. The van der Waals surface area contributed by atoms with Crippen LogP contribution in [0.4, 0.5) is 13.2 Å². The van der Waals surface area contributed by atoms with Crippen molar-refractivity contribution in [2.75, 3.05) is 0 Å². The van der Waals surface area contributed by atoms with Crippen LogP contribution >= 0.6 is 0 Å². The number of ketones is 1. The number of nitrogens with zero attached hydrogens (tertiary/aromatic N) is 2. The van der Waals surface area contributed by atoms with Crippen LogP contribution in [0.25, 0.3) is 5.52 Å². The molecule has 0 saturated carbocycles. The third-order valence-electron chi connectivity index (χ3n) is 2.72. The van der Waals surface area contributed by atoms with Gasteiger partial charge in [-0.1, -0.05) is 13.0 Å². The van der Waals surface area contributed by atoms with Crippen molar-refractivity contribution in [2.24, 2.45) is 0 Å². The van der Waals surface area contributed by atoms with Crippen molar-refractivity contribution in [2.45, 2.75) is 26.4 Å². The molecule has 0 amide bonds. The molecular weight excluding hydrogens is 245 g/mol. The number of halogens is 3. The van der Waals surface area contributed by atoms with Crippen LogP contribution in [0.3, 0.4) is 0 Å². The summed E-state index contributed by atoms with van der Waals surface area (Å²) in [5, 5.41) is 0. The number of aryl methyl sites for hydroxylation is 2. The summed E-state index contributed by atoms with van der Waals surface area (Å²) in [6, 6.07) is 4.84. The summed E-state index contributed by atoms with van der Waals surface area (Å²) in [4.78, 5) is 15.1. The molecule has 0 bridgehead atoms. The first-order valence-electron chi connectivity index (χ1n) is 5.44. The van der Waals surface area contributed by atoms with E-state index in [1.54, 1.807) is 30.4 Å². The average molecular weight is 256 g/mol. The average Bonchev–Trinajstić information content (AvgIpc) is 2.67. The Bertz CT molecular complexity index is 614. The van der Waals surface area contributed by atoms with Crippen molar-refractivity contribution in [3.63, 3.8) is 0 Å². The van der Waals surface area contributed by atoms with Crippen LogP contribution in [-0.2, 0) is 6.42 Å². The number of aromatic nitrogens is 2. The number of alkyl halides is 3. The maximum absolute atomic E-state index is 12.5. The Kier molecular flexibility index (Phi) is 2.88. The zero-order chi connectivity index (χ0) is 13.5. The van der Waals surface area contributed by atoms with E-state index in [4.69, 9.17) is 0 Å². The van der Waals surface area contributed by atoms with E-state index in [2.05, 4.69) is 4.98 Å². The minimum Gasteiger partial charge on any atom is -0.300 e. The van der Waals surface area contributed by atoms with E-state index in [9.17, 15) is 18.0 Å². The minimum absolute atomic E-state index is 0.203. The van der Waals surface area contributed by atoms with E-state index in [-0.39, 0.29) is 5.52 Å². The van der Waals surface area contributed by atoms with Gasteiger partial charge in [-0.05, 0) is 19.1 Å². The van der Waals surface area contributed by atoms with Crippen LogP contribution < -0.4 is 0 Å². The predicted molar refractivity (Wildman–Crippen MR) is 59.7 cm³/mol. The second-order valence-electron chi connectivity index (χ2n) is 3.94. The first kappa shape index (κ1) is 12.6. The molecule has 0 fully saturated rings. The molecule has 0 atom stereocenters. The van der Waals surface area contributed by atoms with Gasteiger partial charge in [-0.2, -0.15) is 13.2 Å². The van der Waals surface area contributed by atoms with Gasteiger partial charge in [0.25, 0.3) is 5.78 Å². The first-order chi connectivity index (χ1) is 8.36. The number of imidazole rings is 1. The lowest BCUT2D eigenvalue weighted by atomic mass is 10.2. The van der Waals surface area contributed by atoms with Gasteiger partial charge in [-0.15, -0.1) is 0 Å². The number of hydrogen-bond acceptors (Lipinski definition) is 2. The number of carbonyl (C=O) groups excluding carboxylic acids is 1. The molecule has 0 aromatic carbocycles. The standard InChI is InChI=1S/C12H11F3N2O/c1-3-9-16-10(11(18)12(13,14)15)8-6-4-5-7(2)17(8)9/h4-6H,3H2,1-2H3. The van der Waals surface area contributed by atoms with Crippen LogP contribution in [0.15, 0.2) is 18.2 Å². The van der Waals surface area contributed by atoms with E-state index in [0.29, 0.717) is 12.2 Å². The van der Waals surface area contributed by atoms with Crippen molar-refractivity contribution in [3.8, 4) is 0 Å². The number of fused-ring (bicyclic) bond motifs is 1. The van der Waals surface area contributed by atoms with Gasteiger partial charge in [0.05, 0.1) is 5.52 Å². The highest BCUT2D eigenvalue weighted by atomic mass is 19.4. The maximum Gasteiger partial charge on any atom is 0.456 e. The lowest BCUT2D eigenvalue weighted by molar-refractivity contribution is -0.0887. The zero-order valence-corrected chi connectivity index (χ0v) is 9.88. The topological polar surface area (TPSA) is 34.4 Å². The molecule has 0 N–H and O–H groups in total. The summed E-state index contributed by atoms with van der Waals surface area (Å²) >= 11 is 0. The van der Waals surface area contributed by atoms with Gasteiger partial charge in [-0.25, -0.2) is 4.98 Å². The molecule has 2 heterocycles. The molecule has 0 spiro atoms. The highest BCUT2D eigenvalue weighted by Crippen LogP contribution is 2.25. The van der Waals surface area contributed by atoms with Crippen LogP contribution in [0.1, 0.15) is 28.9 Å². The molecule has 96 valence electrons. The Labute approximate surface area is 101 Å². The second kappa shape index (κ2) is 4.12. The van der Waals surface area contributed by atoms with Crippen LogP contribution in [0.5, 0.6) is 0 Å². The maximum atomic E-state index is 12.5. The number of rotatable bonds is 2. The molecule has 0 aliphatic heterocycles. The van der Waals surface area contributed by atoms with E-state index < -0.39 is 17.7 Å². The molecule has 6 heteroatoms. The number of pyridine rings is 1. The fourth-order valence-corrected chi connectivity index (χ4v) is 1.92. The summed E-state index contributed by atoms with van der Waals surface area (Å²) < 4.78 is 39.0. The van der Waals surface area contributed by atoms with Gasteiger partial charge in [-0.3, -0.25) is 4.79 Å². The van der Waals surface area contributed by atoms with Gasteiger partial charge in [0.1, 0.15) is 11.5 Å². The molecule has 18 heavy (non-hydrogen) atoms. The largest absolute Gasteiger partial charge is 0.456 e. The van der Waals surface area contributed by atoms with Crippen LogP contribution in [0, 0.1) is 6.92 Å². The number of carbonyl (C=O) groups is 1. The summed E-state index contributed by atoms with van der Waals surface area (Å²) in [7, 11) is 0.